The maximum absolute atomic E-state index is 14.0. The lowest BCUT2D eigenvalue weighted by Crippen LogP contribution is -2.41. The molecule has 0 aliphatic heterocycles. The number of hydroxylamine groups is 1. The molecule has 4 heteroatoms. The molecule has 0 heterocycles. The molecule has 1 amide bonds. The summed E-state index contributed by atoms with van der Waals surface area (Å²) in [5.41, 5.74) is 3.80. The van der Waals surface area contributed by atoms with Gasteiger partial charge >= 0.3 is 0 Å². The molecule has 3 rings (SSSR count). The van der Waals surface area contributed by atoms with Crippen LogP contribution in [0.5, 0.6) is 0 Å². The highest BCUT2D eigenvalue weighted by Gasteiger charge is 2.43. The van der Waals surface area contributed by atoms with E-state index in [1.807, 2.05) is 36.4 Å². The Bertz CT molecular complexity index is 770. The molecule has 0 spiro atoms. The van der Waals surface area contributed by atoms with Crippen molar-refractivity contribution in [3.8, 4) is 0 Å². The van der Waals surface area contributed by atoms with Gasteiger partial charge in [0.2, 0.25) is 0 Å². The lowest BCUT2D eigenvalue weighted by molar-refractivity contribution is -0.133. The summed E-state index contributed by atoms with van der Waals surface area (Å²) in [7, 11) is 0. The predicted molar refractivity (Wildman–Crippen MR) is 86.4 cm³/mol. The number of allylic oxidation sites excluding steroid dienone is 1. The van der Waals surface area contributed by atoms with Crippen LogP contribution in [-0.2, 0) is 10.2 Å². The van der Waals surface area contributed by atoms with Crippen LogP contribution < -0.4 is 5.48 Å². The van der Waals surface area contributed by atoms with E-state index in [0.29, 0.717) is 24.0 Å². The smallest absolute Gasteiger partial charge is 0.257 e. The first-order valence-corrected chi connectivity index (χ1v) is 7.56. The number of carbonyl (C=O) groups is 1. The Morgan fingerprint density at radius 3 is 2.61 bits per heavy atom. The molecule has 2 aromatic carbocycles. The van der Waals surface area contributed by atoms with E-state index in [4.69, 9.17) is 0 Å². The SMILES string of the molecule is Cc1c(F)cccc1C1(C(=O)NO)C=C(c2ccccc2)CC1. The molecule has 0 saturated heterocycles. The molecule has 0 saturated carbocycles. The first kappa shape index (κ1) is 15.4. The van der Waals surface area contributed by atoms with Crippen LogP contribution in [0.3, 0.4) is 0 Å². The number of carbonyl (C=O) groups excluding carboxylic acids is 1. The van der Waals surface area contributed by atoms with Crippen LogP contribution in [0.1, 0.15) is 29.5 Å². The number of halogens is 1. The Balaban J connectivity index is 2.15. The molecule has 2 N–H and O–H groups in total. The second kappa shape index (κ2) is 5.97. The second-order valence-electron chi connectivity index (χ2n) is 5.86. The summed E-state index contributed by atoms with van der Waals surface area (Å²) in [6.45, 7) is 1.66. The van der Waals surface area contributed by atoms with Gasteiger partial charge in [-0.25, -0.2) is 9.87 Å². The van der Waals surface area contributed by atoms with Crippen molar-refractivity contribution in [3.63, 3.8) is 0 Å². The highest BCUT2D eigenvalue weighted by molar-refractivity contribution is 5.94. The fourth-order valence-electron chi connectivity index (χ4n) is 3.36. The molecular weight excluding hydrogens is 293 g/mol. The van der Waals surface area contributed by atoms with Crippen molar-refractivity contribution in [2.45, 2.75) is 25.2 Å². The van der Waals surface area contributed by atoms with Gasteiger partial charge in [-0.1, -0.05) is 48.5 Å². The minimum Gasteiger partial charge on any atom is -0.289 e. The fourth-order valence-corrected chi connectivity index (χ4v) is 3.36. The number of amides is 1. The number of hydrogen-bond donors (Lipinski definition) is 2. The first-order chi connectivity index (χ1) is 11.1. The number of rotatable bonds is 3. The van der Waals surface area contributed by atoms with Crippen LogP contribution in [0.2, 0.25) is 0 Å². The number of nitrogens with one attached hydrogen (secondary N) is 1. The van der Waals surface area contributed by atoms with Gasteiger partial charge in [0.15, 0.2) is 0 Å². The van der Waals surface area contributed by atoms with Crippen LogP contribution in [0.15, 0.2) is 54.6 Å². The standard InChI is InChI=1S/C19H18FNO2/c1-13-16(8-5-9-17(13)20)19(18(22)21-23)11-10-15(12-19)14-6-3-2-4-7-14/h2-9,12,23H,10-11H2,1H3,(H,21,22). The third kappa shape index (κ3) is 2.55. The summed E-state index contributed by atoms with van der Waals surface area (Å²) in [4.78, 5) is 12.4. The lowest BCUT2D eigenvalue weighted by atomic mass is 9.77. The van der Waals surface area contributed by atoms with Crippen LogP contribution in [0.25, 0.3) is 5.57 Å². The fraction of sp³-hybridized carbons (Fsp3) is 0.211. The van der Waals surface area contributed by atoms with Crippen LogP contribution in [-0.4, -0.2) is 11.1 Å². The summed E-state index contributed by atoms with van der Waals surface area (Å²) in [5.74, 6) is -0.883. The van der Waals surface area contributed by atoms with Gasteiger partial charge in [-0.3, -0.25) is 10.0 Å². The second-order valence-corrected chi connectivity index (χ2v) is 5.86. The third-order valence-electron chi connectivity index (χ3n) is 4.61. The van der Waals surface area contributed by atoms with Gasteiger partial charge in [-0.2, -0.15) is 0 Å². The summed E-state index contributed by atoms with van der Waals surface area (Å²) in [6.07, 6.45) is 3.04. The highest BCUT2D eigenvalue weighted by atomic mass is 19.1. The van der Waals surface area contributed by atoms with Crippen molar-refractivity contribution in [3.05, 3.63) is 77.1 Å². The van der Waals surface area contributed by atoms with Gasteiger partial charge in [-0.05, 0) is 48.1 Å². The van der Waals surface area contributed by atoms with E-state index in [1.54, 1.807) is 24.5 Å². The molecule has 118 valence electrons. The minimum atomic E-state index is -1.05. The van der Waals surface area contributed by atoms with E-state index < -0.39 is 11.3 Å². The molecule has 1 aliphatic rings. The first-order valence-electron chi connectivity index (χ1n) is 7.56. The average Bonchev–Trinajstić information content (AvgIpc) is 3.04. The minimum absolute atomic E-state index is 0.353. The van der Waals surface area contributed by atoms with Crippen molar-refractivity contribution in [1.82, 2.24) is 5.48 Å². The summed E-state index contributed by atoms with van der Waals surface area (Å²) in [5, 5.41) is 9.22. The maximum atomic E-state index is 14.0. The molecule has 0 fully saturated rings. The van der Waals surface area contributed by atoms with Gasteiger partial charge in [0.25, 0.3) is 5.91 Å². The van der Waals surface area contributed by atoms with Crippen LogP contribution in [0, 0.1) is 12.7 Å². The molecule has 1 unspecified atom stereocenters. The van der Waals surface area contributed by atoms with Crippen molar-refractivity contribution in [2.75, 3.05) is 0 Å². The topological polar surface area (TPSA) is 49.3 Å². The molecular formula is C19H18FNO2. The van der Waals surface area contributed by atoms with Gasteiger partial charge in [0.05, 0.1) is 5.41 Å². The van der Waals surface area contributed by atoms with Crippen molar-refractivity contribution < 1.29 is 14.4 Å². The van der Waals surface area contributed by atoms with E-state index in [0.717, 1.165) is 11.1 Å². The van der Waals surface area contributed by atoms with Crippen molar-refractivity contribution in [2.24, 2.45) is 0 Å². The summed E-state index contributed by atoms with van der Waals surface area (Å²) >= 11 is 0. The van der Waals surface area contributed by atoms with Crippen molar-refractivity contribution >= 4 is 11.5 Å². The Hall–Kier alpha value is -2.46. The molecule has 2 aromatic rings. The van der Waals surface area contributed by atoms with E-state index in [1.165, 1.54) is 6.07 Å². The quantitative estimate of drug-likeness (QED) is 0.670. The van der Waals surface area contributed by atoms with E-state index in [2.05, 4.69) is 0 Å². The normalized spacial score (nSPS) is 20.2. The zero-order chi connectivity index (χ0) is 16.4. The molecule has 0 bridgehead atoms. The Morgan fingerprint density at radius 1 is 1.17 bits per heavy atom. The largest absolute Gasteiger partial charge is 0.289 e. The molecule has 0 aromatic heterocycles. The van der Waals surface area contributed by atoms with Crippen molar-refractivity contribution in [1.29, 1.82) is 0 Å². The predicted octanol–water partition coefficient (Wildman–Crippen LogP) is 3.75. The Labute approximate surface area is 134 Å². The monoisotopic (exact) mass is 311 g/mol. The van der Waals surface area contributed by atoms with Gasteiger partial charge < -0.3 is 0 Å². The average molecular weight is 311 g/mol. The molecule has 1 atom stereocenters. The lowest BCUT2D eigenvalue weighted by Gasteiger charge is -2.27. The highest BCUT2D eigenvalue weighted by Crippen LogP contribution is 2.44. The Kier molecular flexibility index (Phi) is 4.01. The molecule has 3 nitrogen and oxygen atoms in total. The van der Waals surface area contributed by atoms with Gasteiger partial charge in [0.1, 0.15) is 5.82 Å². The summed E-state index contributed by atoms with van der Waals surface area (Å²) < 4.78 is 14.0. The zero-order valence-corrected chi connectivity index (χ0v) is 12.8. The van der Waals surface area contributed by atoms with E-state index in [-0.39, 0.29) is 5.82 Å². The molecule has 23 heavy (non-hydrogen) atoms. The Morgan fingerprint density at radius 2 is 1.91 bits per heavy atom. The summed E-state index contributed by atoms with van der Waals surface area (Å²) in [6, 6.07) is 14.5. The van der Waals surface area contributed by atoms with Crippen LogP contribution >= 0.6 is 0 Å². The van der Waals surface area contributed by atoms with Gasteiger partial charge in [0, 0.05) is 0 Å². The van der Waals surface area contributed by atoms with Crippen LogP contribution in [0.4, 0.5) is 4.39 Å². The molecule has 1 aliphatic carbocycles. The number of benzene rings is 2. The maximum Gasteiger partial charge on any atom is 0.257 e. The molecule has 0 radical (unpaired) electrons. The number of hydrogen-bond acceptors (Lipinski definition) is 2. The van der Waals surface area contributed by atoms with Gasteiger partial charge in [-0.15, -0.1) is 0 Å². The third-order valence-corrected chi connectivity index (χ3v) is 4.61. The van der Waals surface area contributed by atoms with E-state index >= 15 is 0 Å². The van der Waals surface area contributed by atoms with E-state index in [9.17, 15) is 14.4 Å². The zero-order valence-electron chi connectivity index (χ0n) is 12.8.